The molecule has 3 heterocycles. The van der Waals surface area contributed by atoms with Crippen LogP contribution in [0.25, 0.3) is 11.2 Å². The molecule has 0 fully saturated rings. The second-order valence-electron chi connectivity index (χ2n) is 4.17. The Bertz CT molecular complexity index is 730. The van der Waals surface area contributed by atoms with Gasteiger partial charge in [-0.15, -0.1) is 0 Å². The van der Waals surface area contributed by atoms with Crippen LogP contribution in [0, 0.1) is 6.92 Å². The first kappa shape index (κ1) is 11.9. The molecule has 7 nitrogen and oxygen atoms in total. The van der Waals surface area contributed by atoms with Gasteiger partial charge in [0.15, 0.2) is 11.5 Å². The zero-order valence-electron chi connectivity index (χ0n) is 10.5. The number of fused-ring (bicyclic) bond motifs is 1. The van der Waals surface area contributed by atoms with Crippen molar-refractivity contribution in [1.82, 2.24) is 29.7 Å². The number of aromatic nitrogens is 6. The number of rotatable bonds is 3. The summed E-state index contributed by atoms with van der Waals surface area (Å²) in [7, 11) is 1.91. The molecule has 0 amide bonds. The molecule has 3 rings (SSSR count). The maximum Gasteiger partial charge on any atom is 0.226 e. The van der Waals surface area contributed by atoms with Crippen LogP contribution in [0.2, 0.25) is 5.28 Å². The third-order valence-corrected chi connectivity index (χ3v) is 3.21. The zero-order valence-corrected chi connectivity index (χ0v) is 11.2. The highest BCUT2D eigenvalue weighted by Gasteiger charge is 2.10. The fourth-order valence-corrected chi connectivity index (χ4v) is 2.00. The van der Waals surface area contributed by atoms with Crippen LogP contribution in [0.15, 0.2) is 12.5 Å². The van der Waals surface area contributed by atoms with E-state index in [1.165, 1.54) is 0 Å². The number of hydrogen-bond acceptors (Lipinski definition) is 5. The van der Waals surface area contributed by atoms with Crippen LogP contribution in [0.1, 0.15) is 11.3 Å². The van der Waals surface area contributed by atoms with Crippen molar-refractivity contribution in [2.24, 2.45) is 7.05 Å². The van der Waals surface area contributed by atoms with E-state index < -0.39 is 0 Å². The molecule has 0 aliphatic rings. The predicted molar refractivity (Wildman–Crippen MR) is 72.0 cm³/mol. The smallest absolute Gasteiger partial charge is 0.226 e. The molecule has 0 radical (unpaired) electrons. The van der Waals surface area contributed by atoms with Gasteiger partial charge in [-0.05, 0) is 18.5 Å². The average Bonchev–Trinajstić information content (AvgIpc) is 2.96. The van der Waals surface area contributed by atoms with E-state index in [0.717, 1.165) is 16.8 Å². The van der Waals surface area contributed by atoms with Gasteiger partial charge in [-0.2, -0.15) is 15.1 Å². The lowest BCUT2D eigenvalue weighted by molar-refractivity contribution is 0.738. The summed E-state index contributed by atoms with van der Waals surface area (Å²) in [6, 6.07) is 0. The van der Waals surface area contributed by atoms with E-state index in [0.29, 0.717) is 18.0 Å². The van der Waals surface area contributed by atoms with Gasteiger partial charge in [0.1, 0.15) is 5.52 Å². The predicted octanol–water partition coefficient (Wildman–Crippen LogP) is 1.66. The average molecular weight is 278 g/mol. The number of aryl methyl sites for hydroxylation is 1. The molecule has 19 heavy (non-hydrogen) atoms. The minimum atomic E-state index is 0.171. The van der Waals surface area contributed by atoms with Gasteiger partial charge in [-0.1, -0.05) is 0 Å². The number of imidazole rings is 1. The van der Waals surface area contributed by atoms with Gasteiger partial charge >= 0.3 is 0 Å². The van der Waals surface area contributed by atoms with Crippen LogP contribution >= 0.6 is 11.6 Å². The van der Waals surface area contributed by atoms with Gasteiger partial charge in [0.2, 0.25) is 5.28 Å². The number of anilines is 1. The Labute approximate surface area is 114 Å². The molecule has 3 aromatic rings. The van der Waals surface area contributed by atoms with Crippen LogP contribution in [0.3, 0.4) is 0 Å². The van der Waals surface area contributed by atoms with E-state index in [1.807, 2.05) is 24.9 Å². The van der Waals surface area contributed by atoms with Crippen LogP contribution in [0.4, 0.5) is 5.82 Å². The van der Waals surface area contributed by atoms with E-state index in [4.69, 9.17) is 11.6 Å². The summed E-state index contributed by atoms with van der Waals surface area (Å²) in [6.07, 6.45) is 3.39. The second-order valence-corrected chi connectivity index (χ2v) is 4.51. The Morgan fingerprint density at radius 3 is 3.00 bits per heavy atom. The molecule has 0 saturated carbocycles. The van der Waals surface area contributed by atoms with Crippen molar-refractivity contribution >= 4 is 28.6 Å². The van der Waals surface area contributed by atoms with Gasteiger partial charge in [0, 0.05) is 24.8 Å². The van der Waals surface area contributed by atoms with Gasteiger partial charge < -0.3 is 10.3 Å². The number of halogens is 1. The number of H-pyrrole nitrogens is 1. The van der Waals surface area contributed by atoms with Crippen molar-refractivity contribution in [3.05, 3.63) is 29.1 Å². The lowest BCUT2D eigenvalue weighted by Gasteiger charge is -2.06. The Hall–Kier alpha value is -2.15. The normalized spacial score (nSPS) is 11.1. The molecule has 8 heteroatoms. The quantitative estimate of drug-likeness (QED) is 0.711. The number of nitrogens with one attached hydrogen (secondary N) is 2. The molecule has 98 valence electrons. The molecule has 0 unspecified atom stereocenters. The number of aromatic amines is 1. The van der Waals surface area contributed by atoms with Gasteiger partial charge in [-0.3, -0.25) is 4.68 Å². The summed E-state index contributed by atoms with van der Waals surface area (Å²) < 4.78 is 1.83. The van der Waals surface area contributed by atoms with E-state index in [-0.39, 0.29) is 5.28 Å². The van der Waals surface area contributed by atoms with E-state index in [9.17, 15) is 0 Å². The molecule has 0 saturated heterocycles. The van der Waals surface area contributed by atoms with Crippen LogP contribution in [-0.4, -0.2) is 29.7 Å². The van der Waals surface area contributed by atoms with Crippen molar-refractivity contribution in [2.45, 2.75) is 13.5 Å². The Morgan fingerprint density at radius 1 is 1.42 bits per heavy atom. The first-order valence-electron chi connectivity index (χ1n) is 5.73. The van der Waals surface area contributed by atoms with Gasteiger partial charge in [-0.25, -0.2) is 4.98 Å². The Balaban J connectivity index is 1.89. The van der Waals surface area contributed by atoms with Gasteiger partial charge in [0.25, 0.3) is 0 Å². The van der Waals surface area contributed by atoms with Crippen molar-refractivity contribution in [3.8, 4) is 0 Å². The van der Waals surface area contributed by atoms with Gasteiger partial charge in [0.05, 0.1) is 12.5 Å². The van der Waals surface area contributed by atoms with Crippen molar-refractivity contribution < 1.29 is 0 Å². The van der Waals surface area contributed by atoms with Crippen LogP contribution < -0.4 is 5.32 Å². The van der Waals surface area contributed by atoms with Crippen molar-refractivity contribution in [1.29, 1.82) is 0 Å². The highest BCUT2D eigenvalue weighted by Crippen LogP contribution is 2.19. The zero-order chi connectivity index (χ0) is 13.4. The minimum Gasteiger partial charge on any atom is -0.364 e. The van der Waals surface area contributed by atoms with Crippen LogP contribution in [0.5, 0.6) is 0 Å². The largest absolute Gasteiger partial charge is 0.364 e. The van der Waals surface area contributed by atoms with Crippen molar-refractivity contribution in [3.63, 3.8) is 0 Å². The summed E-state index contributed by atoms with van der Waals surface area (Å²) in [5.74, 6) is 0.635. The van der Waals surface area contributed by atoms with E-state index in [2.05, 4.69) is 30.4 Å². The Kier molecular flexibility index (Phi) is 2.83. The standard InChI is InChI=1S/C11H12ClN7/c1-6-7(4-16-19(6)2)3-13-9-8-10(15-5-14-8)18-11(12)17-9/h4-5H,3H2,1-2H3,(H2,13,14,15,17,18). The van der Waals surface area contributed by atoms with E-state index >= 15 is 0 Å². The molecule has 2 N–H and O–H groups in total. The first-order chi connectivity index (χ1) is 9.15. The maximum absolute atomic E-state index is 5.87. The lowest BCUT2D eigenvalue weighted by atomic mass is 10.2. The highest BCUT2D eigenvalue weighted by atomic mass is 35.5. The molecule has 0 aliphatic carbocycles. The fourth-order valence-electron chi connectivity index (χ4n) is 1.83. The second kappa shape index (κ2) is 4.51. The monoisotopic (exact) mass is 277 g/mol. The third-order valence-electron chi connectivity index (χ3n) is 3.04. The Morgan fingerprint density at radius 2 is 2.26 bits per heavy atom. The molecule has 0 bridgehead atoms. The maximum atomic E-state index is 5.87. The summed E-state index contributed by atoms with van der Waals surface area (Å²) in [4.78, 5) is 15.3. The molecule has 0 atom stereocenters. The molecular weight excluding hydrogens is 266 g/mol. The topological polar surface area (TPSA) is 84.3 Å². The molecule has 0 aliphatic heterocycles. The SMILES string of the molecule is Cc1c(CNc2nc(Cl)nc3nc[nH]c23)cnn1C. The fraction of sp³-hybridized carbons (Fsp3) is 0.273. The van der Waals surface area contributed by atoms with Crippen LogP contribution in [-0.2, 0) is 13.6 Å². The summed E-state index contributed by atoms with van der Waals surface area (Å²) in [5, 5.41) is 7.59. The summed E-state index contributed by atoms with van der Waals surface area (Å²) >= 11 is 5.87. The number of nitrogens with zero attached hydrogens (tertiary/aromatic N) is 5. The van der Waals surface area contributed by atoms with E-state index in [1.54, 1.807) is 6.33 Å². The molecule has 3 aromatic heterocycles. The van der Waals surface area contributed by atoms with Crippen molar-refractivity contribution in [2.75, 3.05) is 5.32 Å². The lowest BCUT2D eigenvalue weighted by Crippen LogP contribution is -2.04. The number of hydrogen-bond donors (Lipinski definition) is 2. The third kappa shape index (κ3) is 2.12. The minimum absolute atomic E-state index is 0.171. The highest BCUT2D eigenvalue weighted by molar-refractivity contribution is 6.28. The molecule has 0 aromatic carbocycles. The summed E-state index contributed by atoms with van der Waals surface area (Å²) in [6.45, 7) is 2.63. The molecular formula is C11H12ClN7. The first-order valence-corrected chi connectivity index (χ1v) is 6.11. The summed E-state index contributed by atoms with van der Waals surface area (Å²) in [5.41, 5.74) is 3.50. The molecule has 0 spiro atoms.